The molecule has 1 aromatic rings. The van der Waals surface area contributed by atoms with Gasteiger partial charge >= 0.3 is 0 Å². The highest BCUT2D eigenvalue weighted by Gasteiger charge is 1.97. The van der Waals surface area contributed by atoms with Crippen LogP contribution in [0.5, 0.6) is 0 Å². The first kappa shape index (κ1) is 12.5. The molecule has 84 valence electrons. The highest BCUT2D eigenvalue weighted by molar-refractivity contribution is 9.10. The van der Waals surface area contributed by atoms with Crippen molar-refractivity contribution >= 4 is 22.0 Å². The number of hydrogen-bond acceptors (Lipinski definition) is 2. The SMILES string of the molecule is CC(=Cc1ccc(Br)o1)CNCC(C)C. The van der Waals surface area contributed by atoms with Gasteiger partial charge in [-0.25, -0.2) is 0 Å². The van der Waals surface area contributed by atoms with Gasteiger partial charge in [-0.2, -0.15) is 0 Å². The van der Waals surface area contributed by atoms with E-state index < -0.39 is 0 Å². The van der Waals surface area contributed by atoms with Gasteiger partial charge in [-0.05, 0) is 53.5 Å². The monoisotopic (exact) mass is 271 g/mol. The highest BCUT2D eigenvalue weighted by Crippen LogP contribution is 2.16. The van der Waals surface area contributed by atoms with Gasteiger partial charge in [-0.1, -0.05) is 19.4 Å². The standard InChI is InChI=1S/C12H18BrNO/c1-9(2)7-14-8-10(3)6-11-4-5-12(13)15-11/h4-6,9,14H,7-8H2,1-3H3. The lowest BCUT2D eigenvalue weighted by Crippen LogP contribution is -2.21. The van der Waals surface area contributed by atoms with Crippen LogP contribution in [0.4, 0.5) is 0 Å². The van der Waals surface area contributed by atoms with E-state index in [0.29, 0.717) is 5.92 Å². The molecule has 15 heavy (non-hydrogen) atoms. The molecule has 0 amide bonds. The van der Waals surface area contributed by atoms with Gasteiger partial charge < -0.3 is 9.73 Å². The average Bonchev–Trinajstić information content (AvgIpc) is 2.50. The molecule has 0 radical (unpaired) electrons. The zero-order valence-corrected chi connectivity index (χ0v) is 11.1. The summed E-state index contributed by atoms with van der Waals surface area (Å²) in [5.41, 5.74) is 1.28. The van der Waals surface area contributed by atoms with Crippen molar-refractivity contribution in [3.63, 3.8) is 0 Å². The van der Waals surface area contributed by atoms with E-state index in [4.69, 9.17) is 4.42 Å². The molecule has 0 aromatic carbocycles. The minimum Gasteiger partial charge on any atom is -0.450 e. The van der Waals surface area contributed by atoms with Gasteiger partial charge in [-0.15, -0.1) is 0 Å². The first-order valence-corrected chi connectivity index (χ1v) is 6.00. The van der Waals surface area contributed by atoms with E-state index >= 15 is 0 Å². The maximum absolute atomic E-state index is 5.39. The third-order valence-corrected chi connectivity index (χ3v) is 2.37. The zero-order valence-electron chi connectivity index (χ0n) is 9.51. The predicted octanol–water partition coefficient (Wildman–Crippen LogP) is 3.69. The van der Waals surface area contributed by atoms with Crippen LogP contribution in [0, 0.1) is 5.92 Å². The van der Waals surface area contributed by atoms with Crippen molar-refractivity contribution in [2.45, 2.75) is 20.8 Å². The number of nitrogens with one attached hydrogen (secondary N) is 1. The lowest BCUT2D eigenvalue weighted by Gasteiger charge is -2.06. The minimum absolute atomic E-state index is 0.690. The average molecular weight is 272 g/mol. The topological polar surface area (TPSA) is 25.2 Å². The minimum atomic E-state index is 0.690. The van der Waals surface area contributed by atoms with Gasteiger partial charge in [0.2, 0.25) is 0 Å². The molecule has 0 saturated heterocycles. The van der Waals surface area contributed by atoms with E-state index in [-0.39, 0.29) is 0 Å². The maximum atomic E-state index is 5.39. The Morgan fingerprint density at radius 3 is 2.80 bits per heavy atom. The van der Waals surface area contributed by atoms with Gasteiger partial charge in [0.15, 0.2) is 4.67 Å². The third-order valence-electron chi connectivity index (χ3n) is 1.94. The summed E-state index contributed by atoms with van der Waals surface area (Å²) in [6.07, 6.45) is 2.05. The summed E-state index contributed by atoms with van der Waals surface area (Å²) in [6, 6.07) is 3.86. The fraction of sp³-hybridized carbons (Fsp3) is 0.500. The van der Waals surface area contributed by atoms with E-state index in [1.165, 1.54) is 5.57 Å². The van der Waals surface area contributed by atoms with E-state index in [1.807, 2.05) is 12.1 Å². The molecule has 1 heterocycles. The van der Waals surface area contributed by atoms with E-state index in [1.54, 1.807) is 0 Å². The van der Waals surface area contributed by atoms with Gasteiger partial charge in [0.1, 0.15) is 5.76 Å². The van der Waals surface area contributed by atoms with Crippen molar-refractivity contribution in [1.29, 1.82) is 0 Å². The Morgan fingerprint density at radius 1 is 1.53 bits per heavy atom. The molecule has 0 saturated carbocycles. The van der Waals surface area contributed by atoms with Crippen molar-refractivity contribution in [2.75, 3.05) is 13.1 Å². The molecule has 0 fully saturated rings. The van der Waals surface area contributed by atoms with Gasteiger partial charge in [0, 0.05) is 6.54 Å². The molecule has 0 aliphatic heterocycles. The quantitative estimate of drug-likeness (QED) is 0.884. The summed E-state index contributed by atoms with van der Waals surface area (Å²) in [7, 11) is 0. The molecule has 1 rings (SSSR count). The highest BCUT2D eigenvalue weighted by atomic mass is 79.9. The fourth-order valence-electron chi connectivity index (χ4n) is 1.26. The van der Waals surface area contributed by atoms with Crippen LogP contribution in [0.1, 0.15) is 26.5 Å². The number of furan rings is 1. The molecule has 0 unspecified atom stereocenters. The second-order valence-corrected chi connectivity index (χ2v) is 4.94. The number of rotatable bonds is 5. The summed E-state index contributed by atoms with van der Waals surface area (Å²) < 4.78 is 6.17. The summed E-state index contributed by atoms with van der Waals surface area (Å²) >= 11 is 3.28. The first-order chi connectivity index (χ1) is 7.08. The van der Waals surface area contributed by atoms with E-state index in [2.05, 4.69) is 48.1 Å². The van der Waals surface area contributed by atoms with E-state index in [0.717, 1.165) is 23.5 Å². The van der Waals surface area contributed by atoms with Crippen LogP contribution in [0.3, 0.4) is 0 Å². The normalized spacial score (nSPS) is 12.5. The predicted molar refractivity (Wildman–Crippen MR) is 67.8 cm³/mol. The van der Waals surface area contributed by atoms with Crippen LogP contribution in [0.2, 0.25) is 0 Å². The third kappa shape index (κ3) is 5.19. The Hall–Kier alpha value is -0.540. The van der Waals surface area contributed by atoms with Crippen molar-refractivity contribution in [2.24, 2.45) is 5.92 Å². The molecule has 0 atom stereocenters. The molecule has 0 bridgehead atoms. The van der Waals surface area contributed by atoms with Gasteiger partial charge in [-0.3, -0.25) is 0 Å². The Morgan fingerprint density at radius 2 is 2.27 bits per heavy atom. The van der Waals surface area contributed by atoms with Gasteiger partial charge in [0.25, 0.3) is 0 Å². The summed E-state index contributed by atoms with van der Waals surface area (Å²) in [5, 5.41) is 3.39. The molecular weight excluding hydrogens is 254 g/mol. The Kier molecular flexibility index (Phi) is 5.12. The number of hydrogen-bond donors (Lipinski definition) is 1. The molecule has 0 aliphatic rings. The zero-order chi connectivity index (χ0) is 11.3. The molecule has 2 nitrogen and oxygen atoms in total. The number of halogens is 1. The fourth-order valence-corrected chi connectivity index (χ4v) is 1.58. The van der Waals surface area contributed by atoms with Crippen LogP contribution in [0.15, 0.2) is 26.8 Å². The largest absolute Gasteiger partial charge is 0.450 e. The molecule has 1 N–H and O–H groups in total. The summed E-state index contributed by atoms with van der Waals surface area (Å²) in [4.78, 5) is 0. The Balaban J connectivity index is 2.39. The molecule has 3 heteroatoms. The first-order valence-electron chi connectivity index (χ1n) is 5.21. The lowest BCUT2D eigenvalue weighted by atomic mass is 10.2. The molecule has 0 aliphatic carbocycles. The van der Waals surface area contributed by atoms with Crippen molar-refractivity contribution in [3.8, 4) is 0 Å². The molecule has 0 spiro atoms. The van der Waals surface area contributed by atoms with Crippen LogP contribution < -0.4 is 5.32 Å². The second kappa shape index (κ2) is 6.13. The van der Waals surface area contributed by atoms with Crippen molar-refractivity contribution < 1.29 is 4.42 Å². The Labute approximate surface area is 99.9 Å². The summed E-state index contributed by atoms with van der Waals surface area (Å²) in [5.74, 6) is 1.58. The Bertz CT molecular complexity index is 328. The van der Waals surface area contributed by atoms with Gasteiger partial charge in [0.05, 0.1) is 0 Å². The van der Waals surface area contributed by atoms with Crippen LogP contribution in [-0.2, 0) is 0 Å². The van der Waals surface area contributed by atoms with E-state index in [9.17, 15) is 0 Å². The van der Waals surface area contributed by atoms with Crippen LogP contribution in [0.25, 0.3) is 6.08 Å². The second-order valence-electron chi connectivity index (χ2n) is 4.16. The smallest absolute Gasteiger partial charge is 0.169 e. The lowest BCUT2D eigenvalue weighted by molar-refractivity contribution is 0.530. The molecular formula is C12H18BrNO. The van der Waals surface area contributed by atoms with Crippen molar-refractivity contribution in [1.82, 2.24) is 5.32 Å². The van der Waals surface area contributed by atoms with Crippen LogP contribution >= 0.6 is 15.9 Å². The summed E-state index contributed by atoms with van der Waals surface area (Å²) in [6.45, 7) is 8.47. The molecule has 1 aromatic heterocycles. The van der Waals surface area contributed by atoms with Crippen molar-refractivity contribution in [3.05, 3.63) is 28.1 Å². The van der Waals surface area contributed by atoms with Crippen LogP contribution in [-0.4, -0.2) is 13.1 Å². The maximum Gasteiger partial charge on any atom is 0.169 e.